The van der Waals surface area contributed by atoms with E-state index in [1.807, 2.05) is 18.2 Å². The Morgan fingerprint density at radius 1 is 1.06 bits per heavy atom. The quantitative estimate of drug-likeness (QED) is 0.749. The van der Waals surface area contributed by atoms with Crippen molar-refractivity contribution in [2.45, 2.75) is 26.3 Å². The Bertz CT molecular complexity index is 445. The summed E-state index contributed by atoms with van der Waals surface area (Å²) in [7, 11) is 0. The van der Waals surface area contributed by atoms with Crippen LogP contribution in [-0.4, -0.2) is 6.54 Å². The van der Waals surface area contributed by atoms with Crippen molar-refractivity contribution < 1.29 is 0 Å². The number of rotatable bonds is 6. The zero-order valence-electron chi connectivity index (χ0n) is 10.9. The topological polar surface area (TPSA) is 12.0 Å². The molecular weight excluding hydrogens is 218 g/mol. The van der Waals surface area contributed by atoms with Crippen molar-refractivity contribution in [1.82, 2.24) is 5.32 Å². The van der Waals surface area contributed by atoms with Crippen LogP contribution in [0.3, 0.4) is 0 Å². The maximum Gasteiger partial charge on any atom is 0.0205 e. The lowest BCUT2D eigenvalue weighted by atomic mass is 10.0. The fraction of sp³-hybridized carbons (Fsp3) is 0.294. The molecule has 0 aliphatic carbocycles. The van der Waals surface area contributed by atoms with Crippen molar-refractivity contribution in [2.75, 3.05) is 6.54 Å². The SMILES string of the molecule is CCCCNCc1ccc(-c2c[c]ccc2)cc1. The second-order valence-electron chi connectivity index (χ2n) is 4.52. The van der Waals surface area contributed by atoms with E-state index in [2.05, 4.69) is 48.6 Å². The third-order valence-corrected chi connectivity index (χ3v) is 3.03. The second-order valence-corrected chi connectivity index (χ2v) is 4.52. The number of hydrogen-bond acceptors (Lipinski definition) is 1. The minimum absolute atomic E-state index is 0.960. The minimum Gasteiger partial charge on any atom is -0.313 e. The van der Waals surface area contributed by atoms with Crippen LogP contribution >= 0.6 is 0 Å². The van der Waals surface area contributed by atoms with E-state index in [0.29, 0.717) is 0 Å². The summed E-state index contributed by atoms with van der Waals surface area (Å²) < 4.78 is 0. The van der Waals surface area contributed by atoms with Crippen LogP contribution in [0.1, 0.15) is 25.3 Å². The molecule has 0 unspecified atom stereocenters. The van der Waals surface area contributed by atoms with E-state index >= 15 is 0 Å². The van der Waals surface area contributed by atoms with E-state index in [-0.39, 0.29) is 0 Å². The number of hydrogen-bond donors (Lipinski definition) is 1. The van der Waals surface area contributed by atoms with Crippen molar-refractivity contribution in [3.05, 3.63) is 60.2 Å². The van der Waals surface area contributed by atoms with Gasteiger partial charge < -0.3 is 5.32 Å². The molecule has 1 heteroatoms. The first-order valence-corrected chi connectivity index (χ1v) is 6.66. The van der Waals surface area contributed by atoms with Crippen LogP contribution in [0.25, 0.3) is 11.1 Å². The monoisotopic (exact) mass is 238 g/mol. The van der Waals surface area contributed by atoms with Gasteiger partial charge in [-0.2, -0.15) is 0 Å². The number of unbranched alkanes of at least 4 members (excludes halogenated alkanes) is 1. The van der Waals surface area contributed by atoms with Crippen LogP contribution in [0.2, 0.25) is 0 Å². The van der Waals surface area contributed by atoms with Crippen LogP contribution in [0.5, 0.6) is 0 Å². The maximum atomic E-state index is 3.46. The third kappa shape index (κ3) is 3.71. The molecule has 0 aromatic heterocycles. The van der Waals surface area contributed by atoms with E-state index < -0.39 is 0 Å². The molecular formula is C17H20N. The Balaban J connectivity index is 1.94. The lowest BCUT2D eigenvalue weighted by Gasteiger charge is -2.06. The van der Waals surface area contributed by atoms with Crippen LogP contribution < -0.4 is 5.32 Å². The summed E-state index contributed by atoms with van der Waals surface area (Å²) >= 11 is 0. The Morgan fingerprint density at radius 2 is 1.89 bits per heavy atom. The smallest absolute Gasteiger partial charge is 0.0205 e. The summed E-state index contributed by atoms with van der Waals surface area (Å²) in [4.78, 5) is 0. The molecule has 0 amide bonds. The van der Waals surface area contributed by atoms with Gasteiger partial charge in [0, 0.05) is 6.54 Å². The Kier molecular flexibility index (Phi) is 4.98. The highest BCUT2D eigenvalue weighted by Crippen LogP contribution is 2.18. The Hall–Kier alpha value is -1.60. The summed E-state index contributed by atoms with van der Waals surface area (Å²) in [5, 5.41) is 3.46. The van der Waals surface area contributed by atoms with E-state index in [0.717, 1.165) is 13.1 Å². The molecule has 1 radical (unpaired) electrons. The van der Waals surface area contributed by atoms with Crippen LogP contribution in [-0.2, 0) is 6.54 Å². The molecule has 2 aromatic carbocycles. The first-order chi connectivity index (χ1) is 8.90. The highest BCUT2D eigenvalue weighted by Gasteiger charge is 1.97. The molecule has 2 aromatic rings. The number of nitrogens with one attached hydrogen (secondary N) is 1. The van der Waals surface area contributed by atoms with E-state index in [9.17, 15) is 0 Å². The number of benzene rings is 2. The highest BCUT2D eigenvalue weighted by molar-refractivity contribution is 5.63. The van der Waals surface area contributed by atoms with Crippen LogP contribution in [0.4, 0.5) is 0 Å². The molecule has 0 saturated heterocycles. The summed E-state index contributed by atoms with van der Waals surface area (Å²) in [5.41, 5.74) is 3.82. The first kappa shape index (κ1) is 12.8. The van der Waals surface area contributed by atoms with Crippen LogP contribution in [0.15, 0.2) is 48.5 Å². The van der Waals surface area contributed by atoms with Crippen molar-refractivity contribution in [3.63, 3.8) is 0 Å². The van der Waals surface area contributed by atoms with Crippen molar-refractivity contribution in [1.29, 1.82) is 0 Å². The normalized spacial score (nSPS) is 10.5. The fourth-order valence-electron chi connectivity index (χ4n) is 1.92. The van der Waals surface area contributed by atoms with Crippen molar-refractivity contribution in [3.8, 4) is 11.1 Å². The van der Waals surface area contributed by atoms with Gasteiger partial charge in [0.2, 0.25) is 0 Å². The first-order valence-electron chi connectivity index (χ1n) is 6.66. The molecule has 0 saturated carbocycles. The summed E-state index contributed by atoms with van der Waals surface area (Å²) in [6.45, 7) is 4.28. The molecule has 1 N–H and O–H groups in total. The Labute approximate surface area is 110 Å². The predicted molar refractivity (Wildman–Crippen MR) is 77.3 cm³/mol. The standard InChI is InChI=1S/C17H20N/c1-2-3-13-18-14-15-9-11-17(12-10-15)16-7-5-4-6-8-16/h4-5,7-12,18H,2-3,13-14H2,1H3. The van der Waals surface area contributed by atoms with Crippen LogP contribution in [0, 0.1) is 6.07 Å². The molecule has 0 spiro atoms. The minimum atomic E-state index is 0.960. The molecule has 93 valence electrons. The average molecular weight is 238 g/mol. The van der Waals surface area contributed by atoms with E-state index in [1.165, 1.54) is 29.5 Å². The largest absolute Gasteiger partial charge is 0.313 e. The van der Waals surface area contributed by atoms with Gasteiger partial charge in [-0.3, -0.25) is 0 Å². The molecule has 1 nitrogen and oxygen atoms in total. The van der Waals surface area contributed by atoms with Gasteiger partial charge in [0.15, 0.2) is 0 Å². The summed E-state index contributed by atoms with van der Waals surface area (Å²) in [6.07, 6.45) is 2.49. The molecule has 0 aliphatic rings. The zero-order chi connectivity index (χ0) is 12.6. The van der Waals surface area contributed by atoms with Gasteiger partial charge in [0.1, 0.15) is 0 Å². The highest BCUT2D eigenvalue weighted by atomic mass is 14.8. The molecule has 0 atom stereocenters. The van der Waals surface area contributed by atoms with Crippen molar-refractivity contribution in [2.24, 2.45) is 0 Å². The second kappa shape index (κ2) is 6.97. The molecule has 0 aliphatic heterocycles. The van der Waals surface area contributed by atoms with Gasteiger partial charge >= 0.3 is 0 Å². The van der Waals surface area contributed by atoms with Gasteiger partial charge in [-0.25, -0.2) is 0 Å². The lowest BCUT2D eigenvalue weighted by Crippen LogP contribution is -2.14. The lowest BCUT2D eigenvalue weighted by molar-refractivity contribution is 0.641. The van der Waals surface area contributed by atoms with Crippen molar-refractivity contribution >= 4 is 0 Å². The van der Waals surface area contributed by atoms with Gasteiger partial charge in [-0.15, -0.1) is 0 Å². The third-order valence-electron chi connectivity index (χ3n) is 3.03. The molecule has 0 bridgehead atoms. The van der Waals surface area contributed by atoms with Gasteiger partial charge in [-0.05, 0) is 41.8 Å². The Morgan fingerprint density at radius 3 is 2.56 bits per heavy atom. The fourth-order valence-corrected chi connectivity index (χ4v) is 1.92. The summed E-state index contributed by atoms with van der Waals surface area (Å²) in [5.74, 6) is 0. The van der Waals surface area contributed by atoms with E-state index in [4.69, 9.17) is 0 Å². The van der Waals surface area contributed by atoms with Gasteiger partial charge in [-0.1, -0.05) is 55.8 Å². The maximum absolute atomic E-state index is 3.46. The zero-order valence-corrected chi connectivity index (χ0v) is 10.9. The molecule has 0 fully saturated rings. The predicted octanol–water partition coefficient (Wildman–Crippen LogP) is 4.04. The van der Waals surface area contributed by atoms with E-state index in [1.54, 1.807) is 0 Å². The average Bonchev–Trinajstić information content (AvgIpc) is 2.45. The summed E-state index contributed by atoms with van der Waals surface area (Å²) in [6, 6.07) is 20.0. The van der Waals surface area contributed by atoms with Gasteiger partial charge in [0.05, 0.1) is 0 Å². The molecule has 0 heterocycles. The van der Waals surface area contributed by atoms with Gasteiger partial charge in [0.25, 0.3) is 0 Å². The molecule has 18 heavy (non-hydrogen) atoms. The molecule has 2 rings (SSSR count).